The van der Waals surface area contributed by atoms with Crippen molar-refractivity contribution < 1.29 is 9.47 Å². The van der Waals surface area contributed by atoms with Crippen molar-refractivity contribution in [2.75, 3.05) is 13.7 Å². The van der Waals surface area contributed by atoms with Gasteiger partial charge in [-0.1, -0.05) is 18.5 Å². The predicted molar refractivity (Wildman–Crippen MR) is 81.2 cm³/mol. The van der Waals surface area contributed by atoms with E-state index in [2.05, 4.69) is 19.3 Å². The van der Waals surface area contributed by atoms with Crippen LogP contribution in [0.3, 0.4) is 0 Å². The van der Waals surface area contributed by atoms with Crippen molar-refractivity contribution in [2.45, 2.75) is 44.8 Å². The molecule has 0 spiro atoms. The van der Waals surface area contributed by atoms with Crippen LogP contribution in [0.1, 0.15) is 31.4 Å². The van der Waals surface area contributed by atoms with Crippen LogP contribution < -0.4 is 16.0 Å². The van der Waals surface area contributed by atoms with E-state index in [0.29, 0.717) is 0 Å². The molecule has 1 aliphatic rings. The summed E-state index contributed by atoms with van der Waals surface area (Å²) >= 11 is 6.20. The lowest BCUT2D eigenvalue weighted by molar-refractivity contribution is -0.0289. The zero-order chi connectivity index (χ0) is 14.8. The summed E-state index contributed by atoms with van der Waals surface area (Å²) in [5.74, 6) is 6.70. The average molecular weight is 299 g/mol. The fourth-order valence-electron chi connectivity index (χ4n) is 2.70. The van der Waals surface area contributed by atoms with E-state index >= 15 is 0 Å². The third-order valence-electron chi connectivity index (χ3n) is 4.36. The minimum atomic E-state index is -0.331. The van der Waals surface area contributed by atoms with Gasteiger partial charge in [-0.05, 0) is 43.0 Å². The van der Waals surface area contributed by atoms with E-state index in [1.165, 1.54) is 5.56 Å². The average Bonchev–Trinajstić information content (AvgIpc) is 2.91. The van der Waals surface area contributed by atoms with Gasteiger partial charge in [-0.2, -0.15) is 0 Å². The van der Waals surface area contributed by atoms with E-state index < -0.39 is 0 Å². The number of methoxy groups -OCH3 is 1. The van der Waals surface area contributed by atoms with Gasteiger partial charge in [0.05, 0.1) is 18.2 Å². The molecule has 0 bridgehead atoms. The minimum absolute atomic E-state index is 0.00994. The van der Waals surface area contributed by atoms with Gasteiger partial charge in [0.15, 0.2) is 0 Å². The monoisotopic (exact) mass is 298 g/mol. The van der Waals surface area contributed by atoms with Crippen LogP contribution in [0, 0.1) is 0 Å². The first-order chi connectivity index (χ1) is 9.54. The fourth-order valence-corrected chi connectivity index (χ4v) is 2.97. The second-order valence-corrected chi connectivity index (χ2v) is 5.88. The third kappa shape index (κ3) is 2.93. The molecule has 2 atom stereocenters. The maximum atomic E-state index is 6.20. The van der Waals surface area contributed by atoms with Crippen molar-refractivity contribution in [1.29, 1.82) is 0 Å². The van der Waals surface area contributed by atoms with Crippen molar-refractivity contribution in [3.05, 3.63) is 28.3 Å². The van der Waals surface area contributed by atoms with Gasteiger partial charge in [0, 0.05) is 18.6 Å². The molecular formula is C15H23ClN2O2. The maximum Gasteiger partial charge on any atom is 0.125 e. The molecule has 0 aliphatic carbocycles. The summed E-state index contributed by atoms with van der Waals surface area (Å²) in [6.45, 7) is 4.87. The molecule has 1 aliphatic heterocycles. The Morgan fingerprint density at radius 1 is 1.55 bits per heavy atom. The number of hydrogen-bond acceptors (Lipinski definition) is 4. The van der Waals surface area contributed by atoms with Gasteiger partial charge >= 0.3 is 0 Å². The Labute approximate surface area is 125 Å². The number of rotatable bonds is 6. The first kappa shape index (κ1) is 15.6. The number of ether oxygens (including phenoxy) is 2. The smallest absolute Gasteiger partial charge is 0.125 e. The number of hydrogen-bond donors (Lipinski definition) is 2. The second-order valence-electron chi connectivity index (χ2n) is 5.45. The van der Waals surface area contributed by atoms with Gasteiger partial charge in [0.25, 0.3) is 0 Å². The molecule has 4 nitrogen and oxygen atoms in total. The highest BCUT2D eigenvalue weighted by Gasteiger charge is 2.33. The predicted octanol–water partition coefficient (Wildman–Crippen LogP) is 2.46. The van der Waals surface area contributed by atoms with Gasteiger partial charge in [-0.25, -0.2) is 0 Å². The normalized spacial score (nSPS) is 18.2. The number of halogens is 1. The molecule has 2 rings (SSSR count). The summed E-state index contributed by atoms with van der Waals surface area (Å²) in [5, 5.41) is 0.746. The van der Waals surface area contributed by atoms with Gasteiger partial charge in [0.1, 0.15) is 5.75 Å². The molecule has 2 unspecified atom stereocenters. The molecule has 0 amide bonds. The first-order valence-corrected chi connectivity index (χ1v) is 7.37. The quantitative estimate of drug-likeness (QED) is 0.626. The molecule has 3 N–H and O–H groups in total. The fraction of sp³-hybridized carbons (Fsp3) is 0.600. The van der Waals surface area contributed by atoms with Crippen molar-refractivity contribution in [3.63, 3.8) is 0 Å². The van der Waals surface area contributed by atoms with Gasteiger partial charge in [0.2, 0.25) is 0 Å². The number of hydrazine groups is 1. The SMILES string of the molecule is CCC(C)(OC)C(Cc1cc(Cl)cc2c1OCC2)NN. The van der Waals surface area contributed by atoms with Crippen LogP contribution in [0.5, 0.6) is 5.75 Å². The zero-order valence-corrected chi connectivity index (χ0v) is 13.1. The molecule has 0 saturated carbocycles. The Morgan fingerprint density at radius 2 is 2.30 bits per heavy atom. The number of nitrogens with one attached hydrogen (secondary N) is 1. The lowest BCUT2D eigenvalue weighted by atomic mass is 9.88. The largest absolute Gasteiger partial charge is 0.493 e. The van der Waals surface area contributed by atoms with Crippen molar-refractivity contribution in [3.8, 4) is 5.75 Å². The summed E-state index contributed by atoms with van der Waals surface area (Å²) < 4.78 is 11.4. The van der Waals surface area contributed by atoms with Crippen LogP contribution in [0.4, 0.5) is 0 Å². The van der Waals surface area contributed by atoms with E-state index in [0.717, 1.165) is 42.2 Å². The van der Waals surface area contributed by atoms with Crippen molar-refractivity contribution in [2.24, 2.45) is 5.84 Å². The molecule has 112 valence electrons. The zero-order valence-electron chi connectivity index (χ0n) is 12.3. The molecule has 5 heteroatoms. The summed E-state index contributed by atoms with van der Waals surface area (Å²) in [5.41, 5.74) is 4.82. The maximum absolute atomic E-state index is 6.20. The molecule has 1 aromatic rings. The van der Waals surface area contributed by atoms with Gasteiger partial charge < -0.3 is 9.47 Å². The van der Waals surface area contributed by atoms with Crippen LogP contribution >= 0.6 is 11.6 Å². The molecule has 0 fully saturated rings. The van der Waals surface area contributed by atoms with E-state index in [9.17, 15) is 0 Å². The van der Waals surface area contributed by atoms with Crippen molar-refractivity contribution in [1.82, 2.24) is 5.43 Å². The molecule has 20 heavy (non-hydrogen) atoms. The third-order valence-corrected chi connectivity index (χ3v) is 4.57. The lowest BCUT2D eigenvalue weighted by Gasteiger charge is -2.35. The standard InChI is InChI=1S/C15H23ClN2O2/c1-4-15(2,19-3)13(18-17)9-11-8-12(16)7-10-5-6-20-14(10)11/h7-8,13,18H,4-6,9,17H2,1-3H3. The van der Waals surface area contributed by atoms with Crippen molar-refractivity contribution >= 4 is 11.6 Å². The molecule has 1 heterocycles. The van der Waals surface area contributed by atoms with Crippen LogP contribution in [0.25, 0.3) is 0 Å². The van der Waals surface area contributed by atoms with E-state index in [-0.39, 0.29) is 11.6 Å². The van der Waals surface area contributed by atoms with Crippen LogP contribution in [0.15, 0.2) is 12.1 Å². The second kappa shape index (κ2) is 6.31. The minimum Gasteiger partial charge on any atom is -0.493 e. The Balaban J connectivity index is 2.29. The van der Waals surface area contributed by atoms with E-state index in [1.54, 1.807) is 7.11 Å². The summed E-state index contributed by atoms with van der Waals surface area (Å²) in [7, 11) is 1.72. The molecule has 0 radical (unpaired) electrons. The van der Waals surface area contributed by atoms with Crippen LogP contribution in [0.2, 0.25) is 5.02 Å². The summed E-state index contributed by atoms with van der Waals surface area (Å²) in [4.78, 5) is 0. The van der Waals surface area contributed by atoms with Gasteiger partial charge in [-0.15, -0.1) is 0 Å². The number of benzene rings is 1. The first-order valence-electron chi connectivity index (χ1n) is 6.99. The molecule has 0 aromatic heterocycles. The highest BCUT2D eigenvalue weighted by atomic mass is 35.5. The Morgan fingerprint density at radius 3 is 2.90 bits per heavy atom. The Bertz CT molecular complexity index is 475. The number of fused-ring (bicyclic) bond motifs is 1. The molecule has 0 saturated heterocycles. The van der Waals surface area contributed by atoms with E-state index in [4.69, 9.17) is 26.9 Å². The topological polar surface area (TPSA) is 56.5 Å². The Kier molecular flexibility index (Phi) is 4.91. The molecular weight excluding hydrogens is 276 g/mol. The van der Waals surface area contributed by atoms with Crippen LogP contribution in [-0.4, -0.2) is 25.4 Å². The molecule has 1 aromatic carbocycles. The summed E-state index contributed by atoms with van der Waals surface area (Å²) in [6, 6.07) is 3.93. The number of nitrogens with two attached hydrogens (primary N) is 1. The highest BCUT2D eigenvalue weighted by molar-refractivity contribution is 6.30. The van der Waals surface area contributed by atoms with E-state index in [1.807, 2.05) is 12.1 Å². The lowest BCUT2D eigenvalue weighted by Crippen LogP contribution is -2.53. The van der Waals surface area contributed by atoms with Crippen LogP contribution in [-0.2, 0) is 17.6 Å². The Hall–Kier alpha value is -0.810. The summed E-state index contributed by atoms with van der Waals surface area (Å²) in [6.07, 6.45) is 2.50. The van der Waals surface area contributed by atoms with Gasteiger partial charge in [-0.3, -0.25) is 11.3 Å². The highest BCUT2D eigenvalue weighted by Crippen LogP contribution is 2.35.